The summed E-state index contributed by atoms with van der Waals surface area (Å²) in [5.74, 6) is 0. The Hall–Kier alpha value is -2.54. The number of piperidine rings is 1. The molecule has 1 aliphatic rings. The van der Waals surface area contributed by atoms with E-state index in [9.17, 15) is 8.42 Å². The average Bonchev–Trinajstić information content (AvgIpc) is 3.09. The van der Waals surface area contributed by atoms with E-state index < -0.39 is 9.84 Å². The molecule has 0 spiro atoms. The van der Waals surface area contributed by atoms with Crippen molar-refractivity contribution >= 4 is 32.1 Å². The summed E-state index contributed by atoms with van der Waals surface area (Å²) >= 11 is 0. The lowest BCUT2D eigenvalue weighted by Gasteiger charge is -2.35. The summed E-state index contributed by atoms with van der Waals surface area (Å²) in [4.78, 5) is 2.67. The van der Waals surface area contributed by atoms with Gasteiger partial charge in [-0.05, 0) is 55.3 Å². The average molecular weight is 370 g/mol. The van der Waals surface area contributed by atoms with E-state index in [1.807, 2.05) is 24.4 Å². The quantitative estimate of drug-likeness (QED) is 0.738. The first-order valence-corrected chi connectivity index (χ1v) is 10.6. The number of hydrogen-bond acceptors (Lipinski definition) is 5. The topological polar surface area (TPSA) is 78.1 Å². The number of benzene rings is 2. The molecule has 4 rings (SSSR count). The van der Waals surface area contributed by atoms with E-state index in [-0.39, 0.29) is 0 Å². The van der Waals surface area contributed by atoms with E-state index in [0.717, 1.165) is 48.2 Å². The van der Waals surface area contributed by atoms with Crippen LogP contribution in [0, 0.1) is 0 Å². The van der Waals surface area contributed by atoms with E-state index in [0.29, 0.717) is 10.9 Å². The van der Waals surface area contributed by atoms with Crippen molar-refractivity contribution in [2.75, 3.05) is 29.6 Å². The van der Waals surface area contributed by atoms with E-state index in [1.54, 1.807) is 12.1 Å². The molecule has 1 aliphatic heterocycles. The number of anilines is 2. The van der Waals surface area contributed by atoms with Crippen LogP contribution in [0.3, 0.4) is 0 Å². The Morgan fingerprint density at radius 3 is 2.77 bits per heavy atom. The number of H-pyrrole nitrogens is 1. The maximum Gasteiger partial charge on any atom is 0.175 e. The van der Waals surface area contributed by atoms with Crippen molar-refractivity contribution in [2.24, 2.45) is 0 Å². The Morgan fingerprint density at radius 1 is 1.19 bits per heavy atom. The highest BCUT2D eigenvalue weighted by atomic mass is 32.2. The van der Waals surface area contributed by atoms with E-state index in [1.165, 1.54) is 6.26 Å². The van der Waals surface area contributed by atoms with Crippen LogP contribution in [-0.2, 0) is 9.84 Å². The second-order valence-electron chi connectivity index (χ2n) is 6.87. The van der Waals surface area contributed by atoms with Gasteiger partial charge in [-0.25, -0.2) is 8.42 Å². The number of aromatic amines is 1. The normalized spacial score (nSPS) is 18.2. The Morgan fingerprint density at radius 2 is 2.00 bits per heavy atom. The lowest BCUT2D eigenvalue weighted by molar-refractivity contribution is 0.530. The molecule has 7 heteroatoms. The number of hydrogen-bond donors (Lipinski definition) is 2. The van der Waals surface area contributed by atoms with Crippen LogP contribution in [0.1, 0.15) is 12.8 Å². The highest BCUT2D eigenvalue weighted by Gasteiger charge is 2.20. The first kappa shape index (κ1) is 16.9. The number of nitrogens with zero attached hydrogens (tertiary/aromatic N) is 2. The lowest BCUT2D eigenvalue weighted by Crippen LogP contribution is -2.42. The molecular weight excluding hydrogens is 348 g/mol. The van der Waals surface area contributed by atoms with Crippen molar-refractivity contribution in [2.45, 2.75) is 23.8 Å². The van der Waals surface area contributed by atoms with Gasteiger partial charge < -0.3 is 10.2 Å². The number of rotatable bonds is 4. The van der Waals surface area contributed by atoms with E-state index >= 15 is 0 Å². The molecule has 1 fully saturated rings. The number of sulfone groups is 1. The Bertz CT molecular complexity index is 1010. The zero-order valence-corrected chi connectivity index (χ0v) is 15.5. The number of fused-ring (bicyclic) bond motifs is 1. The summed E-state index contributed by atoms with van der Waals surface area (Å²) in [6, 6.07) is 13.7. The minimum atomic E-state index is -3.15. The summed E-state index contributed by atoms with van der Waals surface area (Å²) in [5.41, 5.74) is 3.19. The molecule has 0 amide bonds. The zero-order valence-electron chi connectivity index (χ0n) is 14.6. The summed E-state index contributed by atoms with van der Waals surface area (Å²) in [5, 5.41) is 11.7. The molecular formula is C19H22N4O2S. The van der Waals surface area contributed by atoms with Crippen LogP contribution in [0.4, 0.5) is 11.4 Å². The van der Waals surface area contributed by atoms with Crippen LogP contribution in [0.15, 0.2) is 53.6 Å². The van der Waals surface area contributed by atoms with Crippen LogP contribution < -0.4 is 10.2 Å². The van der Waals surface area contributed by atoms with Crippen LogP contribution >= 0.6 is 0 Å². The monoisotopic (exact) mass is 370 g/mol. The highest BCUT2D eigenvalue weighted by Crippen LogP contribution is 2.24. The molecule has 0 bridgehead atoms. The van der Waals surface area contributed by atoms with Crippen molar-refractivity contribution in [3.05, 3.63) is 48.7 Å². The predicted octanol–water partition coefficient (Wildman–Crippen LogP) is 3.05. The first-order chi connectivity index (χ1) is 12.5. The van der Waals surface area contributed by atoms with E-state index in [4.69, 9.17) is 0 Å². The third kappa shape index (κ3) is 3.53. The molecule has 0 saturated carbocycles. The SMILES string of the molecule is CS(=O)(=O)c1ccc(N2CCCC(Nc3ccc4[nH]ncc4c3)C2)cc1. The summed E-state index contributed by atoms with van der Waals surface area (Å²) in [6.45, 7) is 1.87. The van der Waals surface area contributed by atoms with Crippen molar-refractivity contribution < 1.29 is 8.42 Å². The van der Waals surface area contributed by atoms with Gasteiger partial charge in [-0.15, -0.1) is 0 Å². The fourth-order valence-electron chi connectivity index (χ4n) is 3.50. The third-order valence-electron chi connectivity index (χ3n) is 4.86. The molecule has 1 unspecified atom stereocenters. The molecule has 2 N–H and O–H groups in total. The molecule has 2 heterocycles. The fourth-order valence-corrected chi connectivity index (χ4v) is 4.13. The molecule has 3 aromatic rings. The maximum absolute atomic E-state index is 11.6. The van der Waals surface area contributed by atoms with Gasteiger partial charge in [0.05, 0.1) is 16.6 Å². The van der Waals surface area contributed by atoms with Crippen LogP contribution in [0.5, 0.6) is 0 Å². The largest absolute Gasteiger partial charge is 0.381 e. The van der Waals surface area contributed by atoms with Crippen molar-refractivity contribution in [1.82, 2.24) is 10.2 Å². The van der Waals surface area contributed by atoms with Crippen LogP contribution in [0.2, 0.25) is 0 Å². The Kier molecular flexibility index (Phi) is 4.32. The molecule has 2 aromatic carbocycles. The third-order valence-corrected chi connectivity index (χ3v) is 5.99. The minimum Gasteiger partial charge on any atom is -0.381 e. The van der Waals surface area contributed by atoms with Gasteiger partial charge in [0.2, 0.25) is 0 Å². The van der Waals surface area contributed by atoms with Gasteiger partial charge in [-0.2, -0.15) is 5.10 Å². The lowest BCUT2D eigenvalue weighted by atomic mass is 10.0. The Labute approximate surface area is 153 Å². The molecule has 1 aromatic heterocycles. The molecule has 1 saturated heterocycles. The maximum atomic E-state index is 11.6. The van der Waals surface area contributed by atoms with Crippen LogP contribution in [0.25, 0.3) is 10.9 Å². The molecule has 1 atom stereocenters. The van der Waals surface area contributed by atoms with Gasteiger partial charge in [0, 0.05) is 42.1 Å². The van der Waals surface area contributed by atoms with Crippen molar-refractivity contribution in [1.29, 1.82) is 0 Å². The second kappa shape index (κ2) is 6.64. The van der Waals surface area contributed by atoms with Gasteiger partial charge in [-0.3, -0.25) is 5.10 Å². The summed E-state index contributed by atoms with van der Waals surface area (Å²) in [7, 11) is -3.15. The molecule has 6 nitrogen and oxygen atoms in total. The smallest absolute Gasteiger partial charge is 0.175 e. The van der Waals surface area contributed by atoms with Gasteiger partial charge in [-0.1, -0.05) is 0 Å². The summed E-state index contributed by atoms with van der Waals surface area (Å²) < 4.78 is 23.2. The molecule has 0 radical (unpaired) electrons. The predicted molar refractivity (Wildman–Crippen MR) is 105 cm³/mol. The standard InChI is InChI=1S/C19H22N4O2S/c1-26(24,25)18-7-5-17(6-8-18)23-10-2-3-16(13-23)21-15-4-9-19-14(11-15)12-20-22-19/h4-9,11-12,16,21H,2-3,10,13H2,1H3,(H,20,22). The fraction of sp³-hybridized carbons (Fsp3) is 0.316. The van der Waals surface area contributed by atoms with E-state index in [2.05, 4.69) is 32.5 Å². The number of aromatic nitrogens is 2. The second-order valence-corrected chi connectivity index (χ2v) is 8.88. The van der Waals surface area contributed by atoms with Crippen molar-refractivity contribution in [3.8, 4) is 0 Å². The Balaban J connectivity index is 1.46. The van der Waals surface area contributed by atoms with Gasteiger partial charge in [0.1, 0.15) is 0 Å². The zero-order chi connectivity index (χ0) is 18.1. The van der Waals surface area contributed by atoms with Crippen LogP contribution in [-0.4, -0.2) is 44.0 Å². The molecule has 26 heavy (non-hydrogen) atoms. The van der Waals surface area contributed by atoms with Gasteiger partial charge in [0.15, 0.2) is 9.84 Å². The van der Waals surface area contributed by atoms with Gasteiger partial charge >= 0.3 is 0 Å². The van der Waals surface area contributed by atoms with Crippen molar-refractivity contribution in [3.63, 3.8) is 0 Å². The highest BCUT2D eigenvalue weighted by molar-refractivity contribution is 7.90. The number of nitrogens with one attached hydrogen (secondary N) is 2. The molecule has 136 valence electrons. The first-order valence-electron chi connectivity index (χ1n) is 8.74. The molecule has 0 aliphatic carbocycles. The summed E-state index contributed by atoms with van der Waals surface area (Å²) in [6.07, 6.45) is 5.28. The van der Waals surface area contributed by atoms with Gasteiger partial charge in [0.25, 0.3) is 0 Å². The minimum absolute atomic E-state index is 0.350.